The molecule has 6 aromatic rings. The Kier molecular flexibility index (Phi) is 20.4. The normalized spacial score (nSPS) is 11.9. The Morgan fingerprint density at radius 1 is 0.500 bits per heavy atom. The summed E-state index contributed by atoms with van der Waals surface area (Å²) in [7, 11) is -16.9. The van der Waals surface area contributed by atoms with Crippen molar-refractivity contribution in [3.05, 3.63) is 85.5 Å². The number of fused-ring (bicyclic) bond motifs is 2. The fourth-order valence-electron chi connectivity index (χ4n) is 5.94. The molecule has 324 valence electrons. The van der Waals surface area contributed by atoms with E-state index in [0.29, 0.717) is 45.4 Å². The Morgan fingerprint density at radius 3 is 1.13 bits per heavy atom. The Balaban J connectivity index is 0.000000320. The van der Waals surface area contributed by atoms with Crippen molar-refractivity contribution in [1.82, 2.24) is 19.9 Å². The Hall–Kier alpha value is -3.08. The zero-order valence-corrected chi connectivity index (χ0v) is 40.9. The predicted octanol–water partition coefficient (Wildman–Crippen LogP) is -2.17. The second kappa shape index (κ2) is 23.7. The first-order chi connectivity index (χ1) is 28.2. The first kappa shape index (κ1) is 53.3. The number of pyridine rings is 2. The fraction of sp³-hybridized carbons (Fsp3) is 0.333. The standard InChI is InChI=1S/2C18H21N3O7S2.2Na/c2*22-29(23,24)11-1-9-21(10-2-12-30(25,26)27)15-3-4-16-17(13-15)28-18(20-16)14-5-7-19-8-6-14;;/h2*3-8,13H,1-2,9-12H2,(H,22,23,24)(H,25,26,27);;/q;;2*+1/p-2. The first-order valence-electron chi connectivity index (χ1n) is 18.1. The van der Waals surface area contributed by atoms with Gasteiger partial charge in [-0.05, 0) is 74.2 Å². The minimum Gasteiger partial charge on any atom is -0.748 e. The van der Waals surface area contributed by atoms with Crippen molar-refractivity contribution in [3.63, 3.8) is 0 Å². The van der Waals surface area contributed by atoms with E-state index in [4.69, 9.17) is 17.9 Å². The van der Waals surface area contributed by atoms with Crippen LogP contribution in [0.25, 0.3) is 45.1 Å². The van der Waals surface area contributed by atoms with E-state index >= 15 is 0 Å². The largest absolute Gasteiger partial charge is 1.00 e. The van der Waals surface area contributed by atoms with E-state index in [2.05, 4.69) is 19.9 Å². The molecule has 0 aliphatic heterocycles. The summed E-state index contributed by atoms with van der Waals surface area (Å²) in [6.45, 7) is 0.888. The van der Waals surface area contributed by atoms with Gasteiger partial charge in [0.25, 0.3) is 20.2 Å². The number of hydrogen-bond acceptors (Lipinski definition) is 18. The van der Waals surface area contributed by atoms with Gasteiger partial charge in [0.1, 0.15) is 11.0 Å². The summed E-state index contributed by atoms with van der Waals surface area (Å²) < 4.78 is 139. The smallest absolute Gasteiger partial charge is 0.748 e. The second-order valence-electron chi connectivity index (χ2n) is 13.3. The maximum absolute atomic E-state index is 11.0. The minimum absolute atomic E-state index is 0. The van der Waals surface area contributed by atoms with Crippen molar-refractivity contribution in [2.24, 2.45) is 0 Å². The molecule has 0 spiro atoms. The number of benzene rings is 2. The summed E-state index contributed by atoms with van der Waals surface area (Å²) in [5.41, 5.74) is 5.04. The SMILES string of the molecule is O=S(=O)([O-])CCCN(CCCS(=O)(=O)O)c1ccc2nc(-c3ccncc3)oc2c1.O=S(=O)([O-])CCCN(CCCS(=O)(=O)O)c1ccc2nc(-c3ccncc3)oc2c1.[Na+].[Na+]. The summed E-state index contributed by atoms with van der Waals surface area (Å²) in [6.07, 6.45) is 6.89. The molecule has 0 saturated carbocycles. The Bertz CT molecular complexity index is 2550. The van der Waals surface area contributed by atoms with Gasteiger partial charge in [0.2, 0.25) is 11.8 Å². The summed E-state index contributed by atoms with van der Waals surface area (Å²) in [4.78, 5) is 20.2. The van der Waals surface area contributed by atoms with Crippen LogP contribution < -0.4 is 68.9 Å². The van der Waals surface area contributed by atoms with E-state index in [1.165, 1.54) is 0 Å². The molecule has 2 N–H and O–H groups in total. The molecule has 4 aromatic heterocycles. The predicted molar refractivity (Wildman–Crippen MR) is 219 cm³/mol. The van der Waals surface area contributed by atoms with Crippen LogP contribution in [-0.2, 0) is 40.5 Å². The van der Waals surface area contributed by atoms with E-state index in [1.54, 1.807) is 95.3 Å². The van der Waals surface area contributed by atoms with Crippen molar-refractivity contribution in [1.29, 1.82) is 0 Å². The van der Waals surface area contributed by atoms with E-state index in [0.717, 1.165) is 11.1 Å². The molecule has 0 aliphatic carbocycles. The first-order valence-corrected chi connectivity index (χ1v) is 24.5. The molecule has 20 nitrogen and oxygen atoms in total. The number of aromatic nitrogens is 4. The zero-order valence-electron chi connectivity index (χ0n) is 33.7. The minimum atomic E-state index is -4.35. The number of nitrogens with zero attached hydrogens (tertiary/aromatic N) is 6. The van der Waals surface area contributed by atoms with Gasteiger partial charge in [0.05, 0.1) is 31.7 Å². The number of rotatable bonds is 20. The molecular formula is C36H40N6Na2O14S4. The topological polar surface area (TPSA) is 307 Å². The average molecular weight is 955 g/mol. The van der Waals surface area contributed by atoms with Crippen LogP contribution in [-0.4, -0.2) is 121 Å². The summed E-state index contributed by atoms with van der Waals surface area (Å²) in [5.74, 6) is -1.09. The van der Waals surface area contributed by atoms with E-state index in [9.17, 15) is 42.8 Å². The van der Waals surface area contributed by atoms with Crippen LogP contribution in [0.5, 0.6) is 0 Å². The van der Waals surface area contributed by atoms with Crippen molar-refractivity contribution in [2.45, 2.75) is 25.7 Å². The van der Waals surface area contributed by atoms with Crippen LogP contribution in [0.3, 0.4) is 0 Å². The summed E-state index contributed by atoms with van der Waals surface area (Å²) in [5, 5.41) is 0. The van der Waals surface area contributed by atoms with Crippen LogP contribution in [0.2, 0.25) is 0 Å². The average Bonchev–Trinajstić information content (AvgIpc) is 3.80. The second-order valence-corrected chi connectivity index (χ2v) is 19.5. The zero-order chi connectivity index (χ0) is 43.6. The monoisotopic (exact) mass is 954 g/mol. The van der Waals surface area contributed by atoms with Gasteiger partial charge >= 0.3 is 59.1 Å². The van der Waals surface area contributed by atoms with Crippen LogP contribution in [0, 0.1) is 0 Å². The van der Waals surface area contributed by atoms with Crippen molar-refractivity contribution < 1.29 is 120 Å². The van der Waals surface area contributed by atoms with Crippen molar-refractivity contribution in [2.75, 3.05) is 59.0 Å². The van der Waals surface area contributed by atoms with Crippen molar-refractivity contribution >= 4 is 74.0 Å². The van der Waals surface area contributed by atoms with Crippen LogP contribution in [0.15, 0.2) is 94.3 Å². The van der Waals surface area contributed by atoms with Gasteiger partial charge in [-0.25, -0.2) is 26.8 Å². The van der Waals surface area contributed by atoms with Gasteiger partial charge in [0, 0.05) is 97.1 Å². The molecule has 0 radical (unpaired) electrons. The molecule has 0 bridgehead atoms. The fourth-order valence-corrected chi connectivity index (χ4v) is 7.89. The quantitative estimate of drug-likeness (QED) is 0.0607. The number of oxazole rings is 2. The summed E-state index contributed by atoms with van der Waals surface area (Å²) in [6, 6.07) is 17.4. The summed E-state index contributed by atoms with van der Waals surface area (Å²) >= 11 is 0. The van der Waals surface area contributed by atoms with Crippen LogP contribution in [0.4, 0.5) is 11.4 Å². The molecule has 0 amide bonds. The van der Waals surface area contributed by atoms with E-state index in [-0.39, 0.29) is 111 Å². The van der Waals surface area contributed by atoms with Crippen molar-refractivity contribution in [3.8, 4) is 22.9 Å². The maximum Gasteiger partial charge on any atom is 1.00 e. The molecule has 0 unspecified atom stereocenters. The molecule has 2 aromatic carbocycles. The third-order valence-electron chi connectivity index (χ3n) is 8.63. The third kappa shape index (κ3) is 18.2. The van der Waals surface area contributed by atoms with Gasteiger partial charge in [-0.1, -0.05) is 0 Å². The molecule has 0 saturated heterocycles. The molecule has 26 heteroatoms. The number of anilines is 2. The van der Waals surface area contributed by atoms with Gasteiger partial charge in [-0.3, -0.25) is 19.1 Å². The van der Waals surface area contributed by atoms with E-state index in [1.807, 2.05) is 0 Å². The number of hydrogen-bond donors (Lipinski definition) is 2. The molecule has 4 heterocycles. The Morgan fingerprint density at radius 2 is 0.823 bits per heavy atom. The Labute approximate surface area is 403 Å². The maximum atomic E-state index is 11.0. The van der Waals surface area contributed by atoms with Gasteiger partial charge in [-0.15, -0.1) is 0 Å². The van der Waals surface area contributed by atoms with Gasteiger partial charge < -0.3 is 27.7 Å². The molecule has 0 fully saturated rings. The molecular weight excluding hydrogens is 915 g/mol. The molecule has 0 atom stereocenters. The van der Waals surface area contributed by atoms with Crippen LogP contribution >= 0.6 is 0 Å². The molecule has 6 rings (SSSR count). The van der Waals surface area contributed by atoms with E-state index < -0.39 is 63.5 Å². The molecule has 62 heavy (non-hydrogen) atoms. The third-order valence-corrected chi connectivity index (χ3v) is 11.8. The van der Waals surface area contributed by atoms with Gasteiger partial charge in [-0.2, -0.15) is 16.8 Å². The molecule has 0 aliphatic rings. The van der Waals surface area contributed by atoms with Crippen LogP contribution in [0.1, 0.15) is 25.7 Å². The van der Waals surface area contributed by atoms with Gasteiger partial charge in [0.15, 0.2) is 11.2 Å².